The van der Waals surface area contributed by atoms with Crippen LogP contribution in [-0.2, 0) is 53.6 Å². The SMILES string of the molecule is C.C1CCCC1.[3H]C(CO)OP(=O)(OCCCC1CCCC1)OCOP(=O)(O)OCC(C)(CO)COCCCCCCS.[Fe]. The molecule has 2 aliphatic rings. The molecule has 2 rings (SSSR count). The molecule has 0 aliphatic heterocycles. The van der Waals surface area contributed by atoms with Gasteiger partial charge in [0.15, 0.2) is 6.79 Å². The maximum absolute atomic E-state index is 12.8. The van der Waals surface area contributed by atoms with Gasteiger partial charge < -0.3 is 19.8 Å². The van der Waals surface area contributed by atoms with Crippen molar-refractivity contribution in [2.45, 2.75) is 111 Å². The molecule has 2 saturated carbocycles. The molecular formula is C28H60FeO11P2S. The van der Waals surface area contributed by atoms with Crippen molar-refractivity contribution in [1.29, 1.82) is 0 Å². The second-order valence-corrected chi connectivity index (χ2v) is 14.6. The molecule has 0 amide bonds. The molecule has 0 aromatic heterocycles. The quantitative estimate of drug-likeness (QED) is 0.0261. The zero-order chi connectivity index (χ0) is 31.2. The van der Waals surface area contributed by atoms with Crippen LogP contribution in [0, 0.1) is 11.3 Å². The third-order valence-electron chi connectivity index (χ3n) is 7.04. The molecule has 0 heterocycles. The van der Waals surface area contributed by atoms with Gasteiger partial charge in [-0.2, -0.15) is 12.6 Å². The van der Waals surface area contributed by atoms with Crippen LogP contribution in [0.1, 0.15) is 112 Å². The Hall–Kier alpha value is 0.969. The third-order valence-corrected chi connectivity index (χ3v) is 9.57. The van der Waals surface area contributed by atoms with E-state index in [0.29, 0.717) is 18.9 Å². The van der Waals surface area contributed by atoms with Crippen LogP contribution >= 0.6 is 28.3 Å². The number of rotatable bonds is 24. The molecule has 15 heteroatoms. The first-order valence-electron chi connectivity index (χ1n) is 15.7. The monoisotopic (exact) mass is 724 g/mol. The molecule has 43 heavy (non-hydrogen) atoms. The van der Waals surface area contributed by atoms with Gasteiger partial charge in [-0.25, -0.2) is 9.13 Å². The zero-order valence-electron chi connectivity index (χ0n) is 26.2. The summed E-state index contributed by atoms with van der Waals surface area (Å²) in [6.07, 6.45) is 17.7. The van der Waals surface area contributed by atoms with E-state index in [2.05, 4.69) is 12.6 Å². The first-order chi connectivity index (χ1) is 20.1. The Kier molecular flexibility index (Phi) is 28.7. The predicted octanol–water partition coefficient (Wildman–Crippen LogP) is 7.29. The largest absolute Gasteiger partial charge is 0.477 e. The van der Waals surface area contributed by atoms with Gasteiger partial charge in [-0.15, -0.1) is 0 Å². The number of ether oxygens (including phenoxy) is 1. The van der Waals surface area contributed by atoms with Crippen LogP contribution in [0.25, 0.3) is 0 Å². The van der Waals surface area contributed by atoms with Gasteiger partial charge in [0.05, 0.1) is 41.0 Å². The summed E-state index contributed by atoms with van der Waals surface area (Å²) in [6.45, 7) is -1.76. The smallest absolute Gasteiger partial charge is 0.396 e. The van der Waals surface area contributed by atoms with E-state index >= 15 is 0 Å². The number of phosphoric ester groups is 2. The number of aliphatic hydroxyl groups is 2. The van der Waals surface area contributed by atoms with Gasteiger partial charge in [0.1, 0.15) is 0 Å². The fourth-order valence-corrected chi connectivity index (χ4v) is 6.53. The van der Waals surface area contributed by atoms with Crippen molar-refractivity contribution in [3.8, 4) is 0 Å². The summed E-state index contributed by atoms with van der Waals surface area (Å²) in [5, 5.41) is 18.8. The van der Waals surface area contributed by atoms with E-state index < -0.39 is 41.0 Å². The second kappa shape index (κ2) is 28.0. The standard InChI is InChI=1S/C22H46O11P2S.C5H10.CH4.Fe/c1-22(17-24,18-28-13-6-2-3-7-16-36)19-31-34(25,26)32-20-33-35(27,30-15-12-23)29-14-8-11-21-9-4-5-10-21;1-2-4-5-3-1;;/h21,23-24,36H,2-20H2,1H3,(H,25,26);1-5H2;1H4;/i15T;;;. The average molecular weight is 725 g/mol. The first kappa shape index (κ1) is 44.0. The van der Waals surface area contributed by atoms with E-state index in [0.717, 1.165) is 50.7 Å². The Labute approximate surface area is 278 Å². The van der Waals surface area contributed by atoms with Crippen LogP contribution in [0.4, 0.5) is 0 Å². The Morgan fingerprint density at radius 1 is 0.837 bits per heavy atom. The second-order valence-electron chi connectivity index (χ2n) is 11.1. The predicted molar refractivity (Wildman–Crippen MR) is 169 cm³/mol. The van der Waals surface area contributed by atoms with Gasteiger partial charge >= 0.3 is 15.6 Å². The van der Waals surface area contributed by atoms with Crippen molar-refractivity contribution in [1.82, 2.24) is 0 Å². The van der Waals surface area contributed by atoms with Crippen LogP contribution in [-0.4, -0.2) is 73.9 Å². The van der Waals surface area contributed by atoms with Gasteiger partial charge in [-0.1, -0.05) is 85.0 Å². The molecule has 0 aromatic rings. The molecule has 4 atom stereocenters. The molecular weight excluding hydrogens is 662 g/mol. The minimum absolute atomic E-state index is 0. The van der Waals surface area contributed by atoms with E-state index in [1.807, 2.05) is 0 Å². The van der Waals surface area contributed by atoms with Crippen molar-refractivity contribution < 1.29 is 70.0 Å². The maximum Gasteiger partial charge on any atom is 0.477 e. The number of hydrogen-bond acceptors (Lipinski definition) is 11. The molecule has 0 aromatic carbocycles. The van der Waals surface area contributed by atoms with Crippen LogP contribution in [0.2, 0.25) is 0 Å². The molecule has 11 nitrogen and oxygen atoms in total. The fourth-order valence-electron chi connectivity index (χ4n) is 4.50. The molecule has 0 saturated heterocycles. The number of aliphatic hydroxyl groups excluding tert-OH is 2. The summed E-state index contributed by atoms with van der Waals surface area (Å²) in [7, 11) is -9.01. The normalized spacial score (nSPS) is 20.3. The maximum atomic E-state index is 12.8. The van der Waals surface area contributed by atoms with Crippen molar-refractivity contribution in [2.75, 3.05) is 58.8 Å². The van der Waals surface area contributed by atoms with Crippen LogP contribution in [0.15, 0.2) is 0 Å². The molecule has 3 N–H and O–H groups in total. The number of phosphoric acid groups is 2. The van der Waals surface area contributed by atoms with Crippen molar-refractivity contribution >= 4 is 28.3 Å². The van der Waals surface area contributed by atoms with Crippen LogP contribution in [0.5, 0.6) is 0 Å². The van der Waals surface area contributed by atoms with E-state index in [4.69, 9.17) is 33.8 Å². The summed E-state index contributed by atoms with van der Waals surface area (Å²) in [5.74, 6) is 1.45. The van der Waals surface area contributed by atoms with E-state index in [9.17, 15) is 19.1 Å². The Bertz CT molecular complexity index is 759. The minimum atomic E-state index is -4.66. The number of unbranched alkanes of at least 4 members (excludes halogenated alkanes) is 3. The number of thiol groups is 1. The molecule has 4 unspecified atom stereocenters. The molecule has 0 bridgehead atoms. The summed E-state index contributed by atoms with van der Waals surface area (Å²) in [5.41, 5.74) is -0.950. The van der Waals surface area contributed by atoms with Gasteiger partial charge in [-0.05, 0) is 37.4 Å². The summed E-state index contributed by atoms with van der Waals surface area (Å²) >= 11 is 4.17. The van der Waals surface area contributed by atoms with Gasteiger partial charge in [0.2, 0.25) is 0 Å². The Balaban J connectivity index is 0. The summed E-state index contributed by atoms with van der Waals surface area (Å²) in [6, 6.07) is 0. The van der Waals surface area contributed by atoms with E-state index in [1.54, 1.807) is 6.92 Å². The molecule has 2 fully saturated rings. The number of hydrogen-bond donors (Lipinski definition) is 4. The molecule has 262 valence electrons. The summed E-state index contributed by atoms with van der Waals surface area (Å²) in [4.78, 5) is 9.98. The third kappa shape index (κ3) is 24.8. The van der Waals surface area contributed by atoms with Gasteiger partial charge in [0, 0.05) is 29.1 Å². The Morgan fingerprint density at radius 3 is 2.05 bits per heavy atom. The van der Waals surface area contributed by atoms with Gasteiger partial charge in [0.25, 0.3) is 0 Å². The first-order valence-corrected chi connectivity index (χ1v) is 18.7. The van der Waals surface area contributed by atoms with Gasteiger partial charge in [-0.3, -0.25) is 22.6 Å². The molecule has 0 radical (unpaired) electrons. The minimum Gasteiger partial charge on any atom is -0.396 e. The average Bonchev–Trinajstić information content (AvgIpc) is 3.72. The topological polar surface area (TPSA) is 150 Å². The van der Waals surface area contributed by atoms with Crippen molar-refractivity contribution in [3.63, 3.8) is 0 Å². The summed E-state index contributed by atoms with van der Waals surface area (Å²) < 4.78 is 62.9. The van der Waals surface area contributed by atoms with Crippen LogP contribution < -0.4 is 0 Å². The van der Waals surface area contributed by atoms with E-state index in [1.165, 1.54) is 44.9 Å². The molecule has 2 aliphatic carbocycles. The van der Waals surface area contributed by atoms with E-state index in [-0.39, 0.29) is 50.9 Å². The van der Waals surface area contributed by atoms with Crippen LogP contribution in [0.3, 0.4) is 0 Å². The Morgan fingerprint density at radius 2 is 1.47 bits per heavy atom. The molecule has 0 spiro atoms. The van der Waals surface area contributed by atoms with Crippen molar-refractivity contribution in [3.05, 3.63) is 0 Å². The zero-order valence-corrected chi connectivity index (χ0v) is 29.0. The van der Waals surface area contributed by atoms with Crippen molar-refractivity contribution in [2.24, 2.45) is 11.3 Å². The fraction of sp³-hybridized carbons (Fsp3) is 1.00.